The molecule has 10 heteroatoms. The molecule has 1 aromatic rings. The van der Waals surface area contributed by atoms with E-state index in [1.54, 1.807) is 17.0 Å². The van der Waals surface area contributed by atoms with Gasteiger partial charge in [-0.15, -0.1) is 0 Å². The van der Waals surface area contributed by atoms with Crippen molar-refractivity contribution in [1.82, 2.24) is 9.21 Å². The maximum absolute atomic E-state index is 13.8. The van der Waals surface area contributed by atoms with Gasteiger partial charge in [0.25, 0.3) is 0 Å². The van der Waals surface area contributed by atoms with Gasteiger partial charge in [-0.25, -0.2) is 12.8 Å². The van der Waals surface area contributed by atoms with E-state index in [-0.39, 0.29) is 32.6 Å². The van der Waals surface area contributed by atoms with E-state index in [1.807, 2.05) is 6.07 Å². The predicted molar refractivity (Wildman–Crippen MR) is 97.0 cm³/mol. The number of primary amides is 1. The predicted octanol–water partition coefficient (Wildman–Crippen LogP) is 0.226. The molecule has 1 heterocycles. The fourth-order valence-corrected chi connectivity index (χ4v) is 4.01. The molecule has 1 aliphatic heterocycles. The quantitative estimate of drug-likeness (QED) is 0.670. The SMILES string of the molecule is COc1cc(C#N)ccc1CN(C[C@@H]1C[C@H](F)CN1CC(N)=O)S(C)(=O)=O. The number of hydrogen-bond donors (Lipinski definition) is 1. The van der Waals surface area contributed by atoms with E-state index in [9.17, 15) is 17.6 Å². The number of likely N-dealkylation sites (tertiary alicyclic amines) is 1. The van der Waals surface area contributed by atoms with Gasteiger partial charge in [-0.2, -0.15) is 9.57 Å². The van der Waals surface area contributed by atoms with Crippen molar-refractivity contribution in [3.8, 4) is 11.8 Å². The Kier molecular flexibility index (Phi) is 6.75. The van der Waals surface area contributed by atoms with E-state index in [0.29, 0.717) is 16.9 Å². The fourth-order valence-electron chi connectivity index (χ4n) is 3.19. The highest BCUT2D eigenvalue weighted by atomic mass is 32.2. The molecule has 0 radical (unpaired) electrons. The first-order chi connectivity index (χ1) is 12.6. The van der Waals surface area contributed by atoms with Gasteiger partial charge in [0.2, 0.25) is 15.9 Å². The molecule has 0 spiro atoms. The molecule has 1 aliphatic rings. The molecule has 0 aromatic heterocycles. The van der Waals surface area contributed by atoms with Crippen molar-refractivity contribution in [2.24, 2.45) is 5.73 Å². The van der Waals surface area contributed by atoms with E-state index in [4.69, 9.17) is 15.7 Å². The summed E-state index contributed by atoms with van der Waals surface area (Å²) in [6, 6.07) is 6.28. The standard InChI is InChI=1S/C17H23FN4O4S/c1-26-16-5-12(7-19)3-4-13(16)8-22(27(2,24)25)10-15-6-14(18)9-21(15)11-17(20)23/h3-5,14-15H,6,8-11H2,1-2H3,(H2,20,23)/t14-,15-/m0/s1. The minimum Gasteiger partial charge on any atom is -0.496 e. The molecule has 2 atom stereocenters. The highest BCUT2D eigenvalue weighted by Gasteiger charge is 2.35. The van der Waals surface area contributed by atoms with Gasteiger partial charge < -0.3 is 10.5 Å². The highest BCUT2D eigenvalue weighted by molar-refractivity contribution is 7.88. The minimum atomic E-state index is -3.61. The van der Waals surface area contributed by atoms with Gasteiger partial charge in [-0.3, -0.25) is 9.69 Å². The summed E-state index contributed by atoms with van der Waals surface area (Å²) in [6.45, 7) is -0.0461. The van der Waals surface area contributed by atoms with Crippen LogP contribution >= 0.6 is 0 Å². The second-order valence-electron chi connectivity index (χ2n) is 6.58. The van der Waals surface area contributed by atoms with Gasteiger partial charge >= 0.3 is 0 Å². The van der Waals surface area contributed by atoms with Gasteiger partial charge in [-0.1, -0.05) is 6.07 Å². The Morgan fingerprint density at radius 2 is 2.22 bits per heavy atom. The summed E-state index contributed by atoms with van der Waals surface area (Å²) in [5.74, 6) is -0.194. The topological polar surface area (TPSA) is 117 Å². The number of hydrogen-bond acceptors (Lipinski definition) is 6. The Hall–Kier alpha value is -2.22. The van der Waals surface area contributed by atoms with Crippen LogP contribution in [0.5, 0.6) is 5.75 Å². The van der Waals surface area contributed by atoms with Gasteiger partial charge in [0, 0.05) is 31.2 Å². The van der Waals surface area contributed by atoms with Crippen molar-refractivity contribution in [3.05, 3.63) is 29.3 Å². The number of alkyl halides is 1. The third-order valence-corrected chi connectivity index (χ3v) is 5.70. The molecule has 1 aromatic carbocycles. The summed E-state index contributed by atoms with van der Waals surface area (Å²) in [5.41, 5.74) is 6.18. The second-order valence-corrected chi connectivity index (χ2v) is 8.56. The van der Waals surface area contributed by atoms with Gasteiger partial charge in [0.15, 0.2) is 0 Å². The second kappa shape index (κ2) is 8.65. The smallest absolute Gasteiger partial charge is 0.231 e. The van der Waals surface area contributed by atoms with Crippen molar-refractivity contribution in [2.75, 3.05) is 33.0 Å². The molecule has 0 bridgehead atoms. The average Bonchev–Trinajstić information content (AvgIpc) is 2.92. The lowest BCUT2D eigenvalue weighted by atomic mass is 10.1. The summed E-state index contributed by atoms with van der Waals surface area (Å²) in [5, 5.41) is 8.98. The molecule has 2 N–H and O–H groups in total. The van der Waals surface area contributed by atoms with Gasteiger partial charge in [0.05, 0.1) is 31.5 Å². The molecule has 1 amide bonds. The number of methoxy groups -OCH3 is 1. The monoisotopic (exact) mass is 398 g/mol. The summed E-state index contributed by atoms with van der Waals surface area (Å²) in [7, 11) is -2.18. The Labute approximate surface area is 158 Å². The fraction of sp³-hybridized carbons (Fsp3) is 0.529. The Bertz CT molecular complexity index is 840. The van der Waals surface area contributed by atoms with Crippen molar-refractivity contribution in [1.29, 1.82) is 5.26 Å². The highest BCUT2D eigenvalue weighted by Crippen LogP contribution is 2.26. The lowest BCUT2D eigenvalue weighted by Crippen LogP contribution is -2.45. The Morgan fingerprint density at radius 1 is 1.52 bits per heavy atom. The first kappa shape index (κ1) is 21.1. The van der Waals surface area contributed by atoms with Crippen LogP contribution in [0, 0.1) is 11.3 Å². The number of rotatable bonds is 8. The van der Waals surface area contributed by atoms with E-state index >= 15 is 0 Å². The molecule has 148 valence electrons. The van der Waals surface area contributed by atoms with Gasteiger partial charge in [-0.05, 0) is 18.6 Å². The number of nitriles is 1. The molecule has 2 rings (SSSR count). The molecule has 27 heavy (non-hydrogen) atoms. The first-order valence-corrected chi connectivity index (χ1v) is 10.2. The number of amides is 1. The van der Waals surface area contributed by atoms with Crippen molar-refractivity contribution in [2.45, 2.75) is 25.2 Å². The largest absolute Gasteiger partial charge is 0.496 e. The zero-order chi connectivity index (χ0) is 20.2. The van der Waals surface area contributed by atoms with Crippen LogP contribution < -0.4 is 10.5 Å². The number of ether oxygens (including phenoxy) is 1. The van der Waals surface area contributed by atoms with E-state index in [1.165, 1.54) is 17.5 Å². The first-order valence-electron chi connectivity index (χ1n) is 8.32. The van der Waals surface area contributed by atoms with Crippen LogP contribution in [0.4, 0.5) is 4.39 Å². The van der Waals surface area contributed by atoms with Gasteiger partial charge in [0.1, 0.15) is 11.9 Å². The molecule has 8 nitrogen and oxygen atoms in total. The number of carbonyl (C=O) groups excluding carboxylic acids is 1. The molecular weight excluding hydrogens is 375 g/mol. The summed E-state index contributed by atoms with van der Waals surface area (Å²) >= 11 is 0. The number of nitrogens with zero attached hydrogens (tertiary/aromatic N) is 3. The lowest BCUT2D eigenvalue weighted by molar-refractivity contribution is -0.119. The van der Waals surface area contributed by atoms with E-state index in [0.717, 1.165) is 6.26 Å². The van der Waals surface area contributed by atoms with Crippen LogP contribution in [0.1, 0.15) is 17.5 Å². The zero-order valence-corrected chi connectivity index (χ0v) is 16.1. The third-order valence-electron chi connectivity index (χ3n) is 4.48. The maximum Gasteiger partial charge on any atom is 0.231 e. The Morgan fingerprint density at radius 3 is 2.78 bits per heavy atom. The molecule has 0 unspecified atom stereocenters. The molecule has 0 saturated carbocycles. The third kappa shape index (κ3) is 5.63. The van der Waals surface area contributed by atoms with Crippen LogP contribution in [0.25, 0.3) is 0 Å². The van der Waals surface area contributed by atoms with Crippen LogP contribution in [0.15, 0.2) is 18.2 Å². The van der Waals surface area contributed by atoms with Crippen LogP contribution in [-0.4, -0.2) is 68.7 Å². The van der Waals surface area contributed by atoms with Crippen LogP contribution in [0.3, 0.4) is 0 Å². The lowest BCUT2D eigenvalue weighted by Gasteiger charge is -2.29. The minimum absolute atomic E-state index is 0.00553. The van der Waals surface area contributed by atoms with Crippen LogP contribution in [-0.2, 0) is 21.4 Å². The molecule has 0 aliphatic carbocycles. The van der Waals surface area contributed by atoms with Crippen molar-refractivity contribution >= 4 is 15.9 Å². The summed E-state index contributed by atoms with van der Waals surface area (Å²) < 4.78 is 44.9. The van der Waals surface area contributed by atoms with E-state index < -0.39 is 28.1 Å². The molecule has 1 fully saturated rings. The van der Waals surface area contributed by atoms with E-state index in [2.05, 4.69) is 0 Å². The number of sulfonamides is 1. The van der Waals surface area contributed by atoms with Crippen LogP contribution in [0.2, 0.25) is 0 Å². The molecule has 1 saturated heterocycles. The zero-order valence-electron chi connectivity index (χ0n) is 15.3. The number of halogens is 1. The number of nitrogens with two attached hydrogens (primary N) is 1. The van der Waals surface area contributed by atoms with Crippen molar-refractivity contribution < 1.29 is 22.3 Å². The Balaban J connectivity index is 2.24. The number of carbonyl (C=O) groups is 1. The summed E-state index contributed by atoms with van der Waals surface area (Å²) in [4.78, 5) is 12.8. The molecular formula is C17H23FN4O4S. The van der Waals surface area contributed by atoms with Crippen molar-refractivity contribution in [3.63, 3.8) is 0 Å². The average molecular weight is 398 g/mol. The number of benzene rings is 1. The normalized spacial score (nSPS) is 20.6. The summed E-state index contributed by atoms with van der Waals surface area (Å²) in [6.07, 6.45) is 0.0629. The maximum atomic E-state index is 13.8.